The number of amides is 1. The van der Waals surface area contributed by atoms with Crippen molar-refractivity contribution in [2.24, 2.45) is 11.3 Å². The van der Waals surface area contributed by atoms with Crippen molar-refractivity contribution in [1.29, 1.82) is 0 Å². The summed E-state index contributed by atoms with van der Waals surface area (Å²) in [7, 11) is 0. The number of aryl methyl sites for hydroxylation is 1. The van der Waals surface area contributed by atoms with Crippen molar-refractivity contribution in [3.8, 4) is 0 Å². The van der Waals surface area contributed by atoms with E-state index in [9.17, 15) is 14.7 Å². The summed E-state index contributed by atoms with van der Waals surface area (Å²) >= 11 is 0. The predicted octanol–water partition coefficient (Wildman–Crippen LogP) is 2.14. The van der Waals surface area contributed by atoms with Gasteiger partial charge in [-0.3, -0.25) is 14.6 Å². The van der Waals surface area contributed by atoms with Crippen molar-refractivity contribution in [2.45, 2.75) is 40.7 Å². The van der Waals surface area contributed by atoms with E-state index in [2.05, 4.69) is 10.3 Å². The Morgan fingerprint density at radius 2 is 2.10 bits per heavy atom. The normalized spacial score (nSPS) is 13.8. The van der Waals surface area contributed by atoms with E-state index in [0.717, 1.165) is 11.1 Å². The molecule has 0 aliphatic rings. The number of carboxylic acid groups (broad SMARTS) is 1. The molecule has 5 heteroatoms. The highest BCUT2D eigenvalue weighted by molar-refractivity contribution is 5.84. The molecule has 0 aliphatic carbocycles. The Labute approximate surface area is 119 Å². The van der Waals surface area contributed by atoms with Crippen LogP contribution in [0.5, 0.6) is 0 Å². The standard InChI is InChI=1S/C15H22N2O3/c1-10(2)15(4,14(19)20)7-13(18)17-9-12-8-16-6-5-11(12)3/h5-6,8,10H,7,9H2,1-4H3,(H,17,18)(H,19,20). The monoisotopic (exact) mass is 278 g/mol. The Morgan fingerprint density at radius 1 is 1.45 bits per heavy atom. The lowest BCUT2D eigenvalue weighted by atomic mass is 9.76. The molecule has 0 fully saturated rings. The van der Waals surface area contributed by atoms with Gasteiger partial charge in [-0.05, 0) is 37.0 Å². The van der Waals surface area contributed by atoms with E-state index in [0.29, 0.717) is 6.54 Å². The molecule has 5 nitrogen and oxygen atoms in total. The maximum Gasteiger partial charge on any atom is 0.310 e. The first-order valence-corrected chi connectivity index (χ1v) is 6.67. The summed E-state index contributed by atoms with van der Waals surface area (Å²) < 4.78 is 0. The highest BCUT2D eigenvalue weighted by atomic mass is 16.4. The minimum atomic E-state index is -1.05. The van der Waals surface area contributed by atoms with E-state index in [1.165, 1.54) is 0 Å². The van der Waals surface area contributed by atoms with Crippen LogP contribution in [0.4, 0.5) is 0 Å². The second-order valence-electron chi connectivity index (χ2n) is 5.63. The lowest BCUT2D eigenvalue weighted by molar-refractivity contribution is -0.153. The third-order valence-corrected chi connectivity index (χ3v) is 3.91. The molecule has 20 heavy (non-hydrogen) atoms. The molecule has 0 radical (unpaired) electrons. The van der Waals surface area contributed by atoms with Crippen molar-refractivity contribution in [3.63, 3.8) is 0 Å². The molecule has 1 atom stereocenters. The number of carboxylic acids is 1. The fourth-order valence-corrected chi connectivity index (χ4v) is 1.80. The summed E-state index contributed by atoms with van der Waals surface area (Å²) in [5, 5.41) is 12.1. The molecular formula is C15H22N2O3. The lowest BCUT2D eigenvalue weighted by Crippen LogP contribution is -2.39. The topological polar surface area (TPSA) is 79.3 Å². The van der Waals surface area contributed by atoms with Gasteiger partial charge >= 0.3 is 5.97 Å². The predicted molar refractivity (Wildman–Crippen MR) is 76.0 cm³/mol. The summed E-state index contributed by atoms with van der Waals surface area (Å²) in [6, 6.07) is 1.87. The van der Waals surface area contributed by atoms with E-state index in [1.54, 1.807) is 19.3 Å². The van der Waals surface area contributed by atoms with Crippen LogP contribution in [-0.4, -0.2) is 22.0 Å². The molecule has 0 aliphatic heterocycles. The van der Waals surface area contributed by atoms with Crippen LogP contribution in [0.1, 0.15) is 38.3 Å². The molecule has 0 aromatic carbocycles. The maximum atomic E-state index is 12.0. The lowest BCUT2D eigenvalue weighted by Gasteiger charge is -2.28. The summed E-state index contributed by atoms with van der Waals surface area (Å²) in [6.45, 7) is 7.54. The van der Waals surface area contributed by atoms with Gasteiger partial charge in [-0.15, -0.1) is 0 Å². The van der Waals surface area contributed by atoms with Gasteiger partial charge in [-0.2, -0.15) is 0 Å². The molecule has 1 aromatic heterocycles. The number of hydrogen-bond donors (Lipinski definition) is 2. The van der Waals surface area contributed by atoms with Gasteiger partial charge in [0.05, 0.1) is 5.41 Å². The van der Waals surface area contributed by atoms with Crippen molar-refractivity contribution >= 4 is 11.9 Å². The van der Waals surface area contributed by atoms with Gasteiger partial charge in [0.25, 0.3) is 0 Å². The Bertz CT molecular complexity index is 500. The van der Waals surface area contributed by atoms with Crippen LogP contribution in [0.15, 0.2) is 18.5 Å². The Balaban J connectivity index is 2.64. The molecule has 1 unspecified atom stereocenters. The summed E-state index contributed by atoms with van der Waals surface area (Å²) in [4.78, 5) is 27.3. The highest BCUT2D eigenvalue weighted by Gasteiger charge is 2.38. The largest absolute Gasteiger partial charge is 0.481 e. The van der Waals surface area contributed by atoms with E-state index in [-0.39, 0.29) is 18.2 Å². The SMILES string of the molecule is Cc1ccncc1CNC(=O)CC(C)(C(=O)O)C(C)C. The van der Waals surface area contributed by atoms with Gasteiger partial charge in [0.2, 0.25) is 5.91 Å². The molecule has 1 heterocycles. The number of aromatic nitrogens is 1. The van der Waals surface area contributed by atoms with Crippen LogP contribution in [0, 0.1) is 18.3 Å². The zero-order valence-electron chi connectivity index (χ0n) is 12.4. The Morgan fingerprint density at radius 3 is 2.60 bits per heavy atom. The van der Waals surface area contributed by atoms with Crippen molar-refractivity contribution < 1.29 is 14.7 Å². The fraction of sp³-hybridized carbons (Fsp3) is 0.533. The maximum absolute atomic E-state index is 12.0. The van der Waals surface area contributed by atoms with E-state index in [4.69, 9.17) is 0 Å². The minimum Gasteiger partial charge on any atom is -0.481 e. The average Bonchev–Trinajstić information content (AvgIpc) is 2.37. The van der Waals surface area contributed by atoms with Crippen LogP contribution in [0.2, 0.25) is 0 Å². The summed E-state index contributed by atoms with van der Waals surface area (Å²) in [6.07, 6.45) is 3.37. The number of pyridine rings is 1. The molecule has 1 rings (SSSR count). The second kappa shape index (κ2) is 6.50. The van der Waals surface area contributed by atoms with Crippen LogP contribution in [-0.2, 0) is 16.1 Å². The first kappa shape index (κ1) is 16.1. The van der Waals surface area contributed by atoms with Gasteiger partial charge in [-0.1, -0.05) is 13.8 Å². The Hall–Kier alpha value is -1.91. The summed E-state index contributed by atoms with van der Waals surface area (Å²) in [5.74, 6) is -1.32. The first-order chi connectivity index (χ1) is 9.27. The fourth-order valence-electron chi connectivity index (χ4n) is 1.80. The molecule has 0 bridgehead atoms. The van der Waals surface area contributed by atoms with E-state index < -0.39 is 11.4 Å². The molecule has 0 saturated carbocycles. The molecule has 2 N–H and O–H groups in total. The summed E-state index contributed by atoms with van der Waals surface area (Å²) in [5.41, 5.74) is 0.932. The zero-order valence-corrected chi connectivity index (χ0v) is 12.4. The average molecular weight is 278 g/mol. The highest BCUT2D eigenvalue weighted by Crippen LogP contribution is 2.31. The molecule has 110 valence electrons. The van der Waals surface area contributed by atoms with E-state index in [1.807, 2.05) is 26.8 Å². The van der Waals surface area contributed by atoms with Crippen LogP contribution in [0.25, 0.3) is 0 Å². The molecule has 0 spiro atoms. The Kier molecular flexibility index (Phi) is 5.25. The van der Waals surface area contributed by atoms with Crippen molar-refractivity contribution in [2.75, 3.05) is 0 Å². The van der Waals surface area contributed by atoms with Crippen molar-refractivity contribution in [3.05, 3.63) is 29.6 Å². The number of nitrogens with zero attached hydrogens (tertiary/aromatic N) is 1. The van der Waals surface area contributed by atoms with Crippen LogP contribution in [0.3, 0.4) is 0 Å². The smallest absolute Gasteiger partial charge is 0.310 e. The quantitative estimate of drug-likeness (QED) is 0.835. The number of aliphatic carboxylic acids is 1. The van der Waals surface area contributed by atoms with Gasteiger partial charge in [0.1, 0.15) is 0 Å². The van der Waals surface area contributed by atoms with E-state index >= 15 is 0 Å². The zero-order chi connectivity index (χ0) is 15.3. The molecular weight excluding hydrogens is 256 g/mol. The number of rotatable bonds is 6. The van der Waals surface area contributed by atoms with Gasteiger partial charge in [0.15, 0.2) is 0 Å². The number of carbonyl (C=O) groups excluding carboxylic acids is 1. The van der Waals surface area contributed by atoms with Crippen LogP contribution >= 0.6 is 0 Å². The second-order valence-corrected chi connectivity index (χ2v) is 5.63. The minimum absolute atomic E-state index is 0.0285. The number of nitrogens with one attached hydrogen (secondary N) is 1. The first-order valence-electron chi connectivity index (χ1n) is 6.67. The third kappa shape index (κ3) is 3.79. The molecule has 1 aromatic rings. The molecule has 0 saturated heterocycles. The van der Waals surface area contributed by atoms with Gasteiger partial charge < -0.3 is 10.4 Å². The number of hydrogen-bond acceptors (Lipinski definition) is 3. The van der Waals surface area contributed by atoms with Gasteiger partial charge in [0, 0.05) is 25.4 Å². The molecule has 1 amide bonds. The van der Waals surface area contributed by atoms with Crippen molar-refractivity contribution in [1.82, 2.24) is 10.3 Å². The van der Waals surface area contributed by atoms with Crippen LogP contribution < -0.4 is 5.32 Å². The van der Waals surface area contributed by atoms with Gasteiger partial charge in [-0.25, -0.2) is 0 Å². The number of carbonyl (C=O) groups is 2. The third-order valence-electron chi connectivity index (χ3n) is 3.91.